The first-order chi connectivity index (χ1) is 7.66. The largest absolute Gasteiger partial charge is 0.388 e. The number of aliphatic hydroxyl groups excluding tert-OH is 1. The zero-order valence-corrected chi connectivity index (χ0v) is 9.59. The Kier molecular flexibility index (Phi) is 3.15. The maximum absolute atomic E-state index is 10.0. The van der Waals surface area contributed by atoms with Crippen LogP contribution in [0, 0.1) is 5.92 Å². The van der Waals surface area contributed by atoms with Crippen molar-refractivity contribution in [3.63, 3.8) is 0 Å². The van der Waals surface area contributed by atoms with Gasteiger partial charge in [-0.25, -0.2) is 0 Å². The van der Waals surface area contributed by atoms with Crippen LogP contribution in [0.3, 0.4) is 0 Å². The minimum Gasteiger partial charge on any atom is -0.388 e. The molecule has 0 aliphatic heterocycles. The lowest BCUT2D eigenvalue weighted by Gasteiger charge is -2.13. The molecule has 2 rings (SSSR count). The second-order valence-corrected chi connectivity index (χ2v) is 4.45. The van der Waals surface area contributed by atoms with Gasteiger partial charge in [-0.2, -0.15) is 0 Å². The highest BCUT2D eigenvalue weighted by molar-refractivity contribution is 5.74. The number of aliphatic hydroxyl groups is 1. The van der Waals surface area contributed by atoms with Crippen LogP contribution in [0.25, 0.3) is 11.0 Å². The van der Waals surface area contributed by atoms with Crippen LogP contribution in [0.15, 0.2) is 30.6 Å². The first-order valence-electron chi connectivity index (χ1n) is 5.55. The molecule has 84 valence electrons. The summed E-state index contributed by atoms with van der Waals surface area (Å²) in [4.78, 5) is 8.43. The van der Waals surface area contributed by atoms with Gasteiger partial charge >= 0.3 is 0 Å². The molecule has 1 aromatic heterocycles. The predicted molar refractivity (Wildman–Crippen MR) is 64.0 cm³/mol. The normalized spacial score (nSPS) is 13.2. The van der Waals surface area contributed by atoms with E-state index in [4.69, 9.17) is 0 Å². The first kappa shape index (κ1) is 11.0. The highest BCUT2D eigenvalue weighted by Gasteiger charge is 2.10. The minimum atomic E-state index is -0.411. The molecular formula is C13H16N2O. The molecule has 2 aromatic rings. The first-order valence-corrected chi connectivity index (χ1v) is 5.55. The highest BCUT2D eigenvalue weighted by Crippen LogP contribution is 2.23. The smallest absolute Gasteiger partial charge is 0.0890 e. The summed E-state index contributed by atoms with van der Waals surface area (Å²) in [6, 6.07) is 5.74. The van der Waals surface area contributed by atoms with Gasteiger partial charge in [-0.15, -0.1) is 0 Å². The number of fused-ring (bicyclic) bond motifs is 1. The molecule has 0 fully saturated rings. The van der Waals surface area contributed by atoms with Crippen LogP contribution in [0.5, 0.6) is 0 Å². The van der Waals surface area contributed by atoms with E-state index in [1.165, 1.54) is 0 Å². The molecule has 3 heteroatoms. The monoisotopic (exact) mass is 216 g/mol. The summed E-state index contributed by atoms with van der Waals surface area (Å²) in [7, 11) is 0. The number of aromatic nitrogens is 2. The SMILES string of the molecule is CC(C)CC(O)c1ccc2nccnc2c1. The minimum absolute atomic E-state index is 0.411. The van der Waals surface area contributed by atoms with E-state index in [1.807, 2.05) is 18.2 Å². The van der Waals surface area contributed by atoms with E-state index in [-0.39, 0.29) is 0 Å². The molecule has 3 nitrogen and oxygen atoms in total. The van der Waals surface area contributed by atoms with Crippen LogP contribution in [0.4, 0.5) is 0 Å². The second-order valence-electron chi connectivity index (χ2n) is 4.45. The summed E-state index contributed by atoms with van der Waals surface area (Å²) < 4.78 is 0. The summed E-state index contributed by atoms with van der Waals surface area (Å²) in [5.41, 5.74) is 2.62. The van der Waals surface area contributed by atoms with Gasteiger partial charge in [0, 0.05) is 12.4 Å². The van der Waals surface area contributed by atoms with Crippen LogP contribution < -0.4 is 0 Å². The Labute approximate surface area is 95.2 Å². The molecule has 0 spiro atoms. The molecule has 1 atom stereocenters. The molecule has 1 heterocycles. The van der Waals surface area contributed by atoms with Crippen LogP contribution in [-0.2, 0) is 0 Å². The number of rotatable bonds is 3. The number of benzene rings is 1. The fraction of sp³-hybridized carbons (Fsp3) is 0.385. The zero-order chi connectivity index (χ0) is 11.5. The van der Waals surface area contributed by atoms with E-state index >= 15 is 0 Å². The molecule has 0 saturated carbocycles. The molecule has 1 unspecified atom stereocenters. The van der Waals surface area contributed by atoms with Crippen molar-refractivity contribution in [2.75, 3.05) is 0 Å². The Morgan fingerprint density at radius 3 is 2.50 bits per heavy atom. The predicted octanol–water partition coefficient (Wildman–Crippen LogP) is 2.71. The Hall–Kier alpha value is -1.48. The number of nitrogens with zero attached hydrogens (tertiary/aromatic N) is 2. The van der Waals surface area contributed by atoms with Crippen molar-refractivity contribution in [3.8, 4) is 0 Å². The van der Waals surface area contributed by atoms with Gasteiger partial charge in [0.25, 0.3) is 0 Å². The summed E-state index contributed by atoms with van der Waals surface area (Å²) >= 11 is 0. The van der Waals surface area contributed by atoms with Crippen molar-refractivity contribution < 1.29 is 5.11 Å². The topological polar surface area (TPSA) is 46.0 Å². The van der Waals surface area contributed by atoms with Crippen molar-refractivity contribution in [3.05, 3.63) is 36.2 Å². The van der Waals surface area contributed by atoms with Crippen molar-refractivity contribution in [2.24, 2.45) is 5.92 Å². The maximum atomic E-state index is 10.0. The van der Waals surface area contributed by atoms with Gasteiger partial charge in [0.05, 0.1) is 17.1 Å². The highest BCUT2D eigenvalue weighted by atomic mass is 16.3. The molecule has 0 amide bonds. The quantitative estimate of drug-likeness (QED) is 0.858. The van der Waals surface area contributed by atoms with Gasteiger partial charge < -0.3 is 5.11 Å². The third-order valence-corrected chi connectivity index (χ3v) is 2.57. The summed E-state index contributed by atoms with van der Waals surface area (Å²) in [6.07, 6.45) is 3.70. The van der Waals surface area contributed by atoms with E-state index in [0.717, 1.165) is 23.0 Å². The third kappa shape index (κ3) is 2.36. The third-order valence-electron chi connectivity index (χ3n) is 2.57. The van der Waals surface area contributed by atoms with E-state index in [9.17, 15) is 5.11 Å². The van der Waals surface area contributed by atoms with E-state index in [1.54, 1.807) is 12.4 Å². The molecule has 0 bridgehead atoms. The molecule has 0 radical (unpaired) electrons. The van der Waals surface area contributed by atoms with Gasteiger partial charge in [0.2, 0.25) is 0 Å². The molecule has 1 aromatic carbocycles. The van der Waals surface area contributed by atoms with Gasteiger partial charge in [0.1, 0.15) is 0 Å². The van der Waals surface area contributed by atoms with Crippen molar-refractivity contribution >= 4 is 11.0 Å². The van der Waals surface area contributed by atoms with Gasteiger partial charge in [0.15, 0.2) is 0 Å². The van der Waals surface area contributed by atoms with E-state index in [2.05, 4.69) is 23.8 Å². The van der Waals surface area contributed by atoms with E-state index < -0.39 is 6.10 Å². The molecule has 0 saturated heterocycles. The Morgan fingerprint density at radius 1 is 1.12 bits per heavy atom. The number of hydrogen-bond acceptors (Lipinski definition) is 3. The standard InChI is InChI=1S/C13H16N2O/c1-9(2)7-13(16)10-3-4-11-12(8-10)15-6-5-14-11/h3-6,8-9,13,16H,7H2,1-2H3. The summed E-state index contributed by atoms with van der Waals surface area (Å²) in [6.45, 7) is 4.20. The molecule has 16 heavy (non-hydrogen) atoms. The van der Waals surface area contributed by atoms with Crippen LogP contribution in [0.1, 0.15) is 31.9 Å². The lowest BCUT2D eigenvalue weighted by Crippen LogP contribution is -2.02. The second kappa shape index (κ2) is 4.58. The van der Waals surface area contributed by atoms with Gasteiger partial charge in [-0.05, 0) is 30.0 Å². The van der Waals surface area contributed by atoms with Crippen molar-refractivity contribution in [1.82, 2.24) is 9.97 Å². The van der Waals surface area contributed by atoms with Crippen molar-refractivity contribution in [2.45, 2.75) is 26.4 Å². The van der Waals surface area contributed by atoms with Gasteiger partial charge in [-0.3, -0.25) is 9.97 Å². The summed E-state index contributed by atoms with van der Waals surface area (Å²) in [5.74, 6) is 0.479. The van der Waals surface area contributed by atoms with Gasteiger partial charge in [-0.1, -0.05) is 19.9 Å². The average molecular weight is 216 g/mol. The van der Waals surface area contributed by atoms with Crippen molar-refractivity contribution in [1.29, 1.82) is 0 Å². The maximum Gasteiger partial charge on any atom is 0.0890 e. The fourth-order valence-corrected chi connectivity index (χ4v) is 1.77. The lowest BCUT2D eigenvalue weighted by molar-refractivity contribution is 0.151. The van der Waals surface area contributed by atoms with Crippen LogP contribution >= 0.6 is 0 Å². The van der Waals surface area contributed by atoms with Crippen LogP contribution in [0.2, 0.25) is 0 Å². The zero-order valence-electron chi connectivity index (χ0n) is 9.59. The Morgan fingerprint density at radius 2 is 1.81 bits per heavy atom. The Bertz CT molecular complexity index is 482. The molecular weight excluding hydrogens is 200 g/mol. The molecule has 0 aliphatic carbocycles. The van der Waals surface area contributed by atoms with E-state index in [0.29, 0.717) is 5.92 Å². The average Bonchev–Trinajstić information content (AvgIpc) is 2.27. The van der Waals surface area contributed by atoms with Crippen LogP contribution in [-0.4, -0.2) is 15.1 Å². The molecule has 0 aliphatic rings. The fourth-order valence-electron chi connectivity index (χ4n) is 1.77. The Balaban J connectivity index is 2.32. The number of hydrogen-bond donors (Lipinski definition) is 1. The molecule has 1 N–H and O–H groups in total. The summed E-state index contributed by atoms with van der Waals surface area (Å²) in [5, 5.41) is 10.0. The lowest BCUT2D eigenvalue weighted by atomic mass is 9.99.